The van der Waals surface area contributed by atoms with Crippen LogP contribution < -0.4 is 11.1 Å². The molecule has 3 heteroatoms. The third-order valence-corrected chi connectivity index (χ3v) is 3.68. The van der Waals surface area contributed by atoms with Crippen LogP contribution in [0.5, 0.6) is 0 Å². The first kappa shape index (κ1) is 16.9. The Kier molecular flexibility index (Phi) is 8.83. The van der Waals surface area contributed by atoms with Gasteiger partial charge in [0.15, 0.2) is 0 Å². The highest BCUT2D eigenvalue weighted by atomic mass is 16.3. The number of aliphatic hydroxyl groups excluding tert-OH is 1. The van der Waals surface area contributed by atoms with E-state index in [0.717, 1.165) is 12.8 Å². The molecule has 0 spiro atoms. The molecule has 104 valence electrons. The van der Waals surface area contributed by atoms with Crippen LogP contribution >= 0.6 is 0 Å². The zero-order valence-corrected chi connectivity index (χ0v) is 12.2. The molecule has 4 N–H and O–H groups in total. The lowest BCUT2D eigenvalue weighted by atomic mass is 9.79. The molecule has 0 aliphatic heterocycles. The molecular weight excluding hydrogens is 212 g/mol. The molecular formula is C14H32N2O. The van der Waals surface area contributed by atoms with Gasteiger partial charge < -0.3 is 16.2 Å². The van der Waals surface area contributed by atoms with Gasteiger partial charge in [-0.15, -0.1) is 0 Å². The first-order valence-corrected chi connectivity index (χ1v) is 7.04. The number of nitrogens with two attached hydrogens (primary N) is 1. The Morgan fingerprint density at radius 2 is 1.65 bits per heavy atom. The van der Waals surface area contributed by atoms with Crippen molar-refractivity contribution in [2.45, 2.75) is 59.5 Å². The number of aliphatic hydroxyl groups is 1. The normalized spacial score (nSPS) is 15.9. The van der Waals surface area contributed by atoms with Crippen LogP contribution in [0.15, 0.2) is 0 Å². The molecule has 0 aliphatic carbocycles. The Bertz CT molecular complexity index is 175. The topological polar surface area (TPSA) is 58.3 Å². The minimum absolute atomic E-state index is 0.247. The maximum atomic E-state index is 9.04. The van der Waals surface area contributed by atoms with Gasteiger partial charge >= 0.3 is 0 Å². The van der Waals surface area contributed by atoms with E-state index in [2.05, 4.69) is 39.9 Å². The second-order valence-corrected chi connectivity index (χ2v) is 5.69. The van der Waals surface area contributed by atoms with Crippen molar-refractivity contribution in [2.24, 2.45) is 23.5 Å². The number of hydrogen-bond acceptors (Lipinski definition) is 3. The van der Waals surface area contributed by atoms with Crippen LogP contribution in [0.1, 0.15) is 47.5 Å². The van der Waals surface area contributed by atoms with E-state index in [9.17, 15) is 0 Å². The van der Waals surface area contributed by atoms with Crippen molar-refractivity contribution >= 4 is 0 Å². The van der Waals surface area contributed by atoms with Gasteiger partial charge in [0.1, 0.15) is 0 Å². The Labute approximate surface area is 107 Å². The third kappa shape index (κ3) is 5.84. The number of nitrogens with one attached hydrogen (secondary N) is 1. The van der Waals surface area contributed by atoms with Crippen LogP contribution in [0.3, 0.4) is 0 Å². The summed E-state index contributed by atoms with van der Waals surface area (Å²) in [6.45, 7) is 12.1. The van der Waals surface area contributed by atoms with Gasteiger partial charge in [-0.3, -0.25) is 0 Å². The maximum Gasteiger partial charge on any atom is 0.0445 e. The fraction of sp³-hybridized carbons (Fsp3) is 1.00. The summed E-state index contributed by atoms with van der Waals surface area (Å²) in [6.07, 6.45) is 1.86. The summed E-state index contributed by atoms with van der Waals surface area (Å²) in [5, 5.41) is 12.7. The average Bonchev–Trinajstić information content (AvgIpc) is 2.25. The van der Waals surface area contributed by atoms with E-state index in [0.29, 0.717) is 36.4 Å². The summed E-state index contributed by atoms with van der Waals surface area (Å²) < 4.78 is 0. The zero-order valence-electron chi connectivity index (χ0n) is 12.2. The van der Waals surface area contributed by atoms with Gasteiger partial charge in [-0.05, 0) is 30.6 Å². The molecule has 0 fully saturated rings. The SMILES string of the molecule is CCC(CCO)NC(CN)C(C(C)C)C(C)C. The van der Waals surface area contributed by atoms with Crippen LogP contribution in [0.2, 0.25) is 0 Å². The quantitative estimate of drug-likeness (QED) is 0.581. The van der Waals surface area contributed by atoms with Gasteiger partial charge in [-0.25, -0.2) is 0 Å². The minimum Gasteiger partial charge on any atom is -0.396 e. The molecule has 0 heterocycles. The number of hydrogen-bond donors (Lipinski definition) is 3. The molecule has 0 saturated carbocycles. The van der Waals surface area contributed by atoms with Gasteiger partial charge in [0.2, 0.25) is 0 Å². The standard InChI is InChI=1S/C14H32N2O/c1-6-12(7-8-17)16-13(9-15)14(10(2)3)11(4)5/h10-14,16-17H,6-9,15H2,1-5H3. The van der Waals surface area contributed by atoms with Crippen molar-refractivity contribution in [3.05, 3.63) is 0 Å². The van der Waals surface area contributed by atoms with Gasteiger partial charge in [-0.1, -0.05) is 34.6 Å². The van der Waals surface area contributed by atoms with Crippen molar-refractivity contribution in [2.75, 3.05) is 13.2 Å². The average molecular weight is 244 g/mol. The predicted octanol–water partition coefficient (Wildman–Crippen LogP) is 1.99. The molecule has 2 unspecified atom stereocenters. The molecule has 0 amide bonds. The largest absolute Gasteiger partial charge is 0.396 e. The van der Waals surface area contributed by atoms with Gasteiger partial charge in [-0.2, -0.15) is 0 Å². The van der Waals surface area contributed by atoms with E-state index < -0.39 is 0 Å². The summed E-state index contributed by atoms with van der Waals surface area (Å²) in [5.41, 5.74) is 5.92. The van der Waals surface area contributed by atoms with E-state index in [1.54, 1.807) is 0 Å². The third-order valence-electron chi connectivity index (χ3n) is 3.68. The van der Waals surface area contributed by atoms with Crippen molar-refractivity contribution in [3.63, 3.8) is 0 Å². The van der Waals surface area contributed by atoms with Crippen LogP contribution in [0, 0.1) is 17.8 Å². The fourth-order valence-corrected chi connectivity index (χ4v) is 2.90. The minimum atomic E-state index is 0.247. The Balaban J connectivity index is 4.55. The first-order chi connectivity index (χ1) is 7.97. The summed E-state index contributed by atoms with van der Waals surface area (Å²) in [5.74, 6) is 1.85. The fourth-order valence-electron chi connectivity index (χ4n) is 2.90. The van der Waals surface area contributed by atoms with Crippen LogP contribution in [0.4, 0.5) is 0 Å². The summed E-state index contributed by atoms with van der Waals surface area (Å²) >= 11 is 0. The Morgan fingerprint density at radius 3 is 1.94 bits per heavy atom. The van der Waals surface area contributed by atoms with E-state index in [1.807, 2.05) is 0 Å². The molecule has 0 bridgehead atoms. The maximum absolute atomic E-state index is 9.04. The van der Waals surface area contributed by atoms with Crippen LogP contribution in [-0.4, -0.2) is 30.3 Å². The Morgan fingerprint density at radius 1 is 1.12 bits per heavy atom. The van der Waals surface area contributed by atoms with Gasteiger partial charge in [0, 0.05) is 25.2 Å². The lowest BCUT2D eigenvalue weighted by Gasteiger charge is -2.35. The molecule has 17 heavy (non-hydrogen) atoms. The van der Waals surface area contributed by atoms with E-state index in [-0.39, 0.29) is 6.61 Å². The van der Waals surface area contributed by atoms with Gasteiger partial charge in [0.25, 0.3) is 0 Å². The Hall–Kier alpha value is -0.120. The molecule has 0 aromatic carbocycles. The summed E-state index contributed by atoms with van der Waals surface area (Å²) in [4.78, 5) is 0. The highest BCUT2D eigenvalue weighted by molar-refractivity contribution is 4.84. The second-order valence-electron chi connectivity index (χ2n) is 5.69. The lowest BCUT2D eigenvalue weighted by molar-refractivity contribution is 0.184. The molecule has 0 aromatic rings. The van der Waals surface area contributed by atoms with Crippen molar-refractivity contribution in [1.29, 1.82) is 0 Å². The van der Waals surface area contributed by atoms with E-state index in [1.165, 1.54) is 0 Å². The number of rotatable bonds is 9. The first-order valence-electron chi connectivity index (χ1n) is 7.04. The molecule has 0 aliphatic rings. The molecule has 0 rings (SSSR count). The molecule has 0 radical (unpaired) electrons. The molecule has 0 saturated heterocycles. The van der Waals surface area contributed by atoms with Gasteiger partial charge in [0.05, 0.1) is 0 Å². The monoisotopic (exact) mass is 244 g/mol. The predicted molar refractivity (Wildman–Crippen MR) is 74.9 cm³/mol. The summed E-state index contributed by atoms with van der Waals surface area (Å²) in [7, 11) is 0. The van der Waals surface area contributed by atoms with E-state index in [4.69, 9.17) is 10.8 Å². The highest BCUT2D eigenvalue weighted by Gasteiger charge is 2.27. The van der Waals surface area contributed by atoms with E-state index >= 15 is 0 Å². The smallest absolute Gasteiger partial charge is 0.0445 e. The molecule has 0 aromatic heterocycles. The van der Waals surface area contributed by atoms with Crippen molar-refractivity contribution < 1.29 is 5.11 Å². The molecule has 3 nitrogen and oxygen atoms in total. The van der Waals surface area contributed by atoms with Crippen molar-refractivity contribution in [3.8, 4) is 0 Å². The molecule has 2 atom stereocenters. The lowest BCUT2D eigenvalue weighted by Crippen LogP contribution is -2.50. The van der Waals surface area contributed by atoms with Crippen molar-refractivity contribution in [1.82, 2.24) is 5.32 Å². The second kappa shape index (κ2) is 8.90. The van der Waals surface area contributed by atoms with Crippen LogP contribution in [-0.2, 0) is 0 Å². The zero-order chi connectivity index (χ0) is 13.4. The summed E-state index contributed by atoms with van der Waals surface area (Å²) in [6, 6.07) is 0.736. The highest BCUT2D eigenvalue weighted by Crippen LogP contribution is 2.24. The van der Waals surface area contributed by atoms with Crippen LogP contribution in [0.25, 0.3) is 0 Å².